The lowest BCUT2D eigenvalue weighted by Crippen LogP contribution is -2.41. The average Bonchev–Trinajstić information content (AvgIpc) is 2.27. The van der Waals surface area contributed by atoms with Crippen molar-refractivity contribution in [3.8, 4) is 0 Å². The minimum absolute atomic E-state index is 0.178. The fraction of sp³-hybridized carbons (Fsp3) is 0.571. The van der Waals surface area contributed by atoms with Crippen LogP contribution in [0.25, 0.3) is 0 Å². The summed E-state index contributed by atoms with van der Waals surface area (Å²) in [4.78, 5) is 2.23. The highest BCUT2D eigenvalue weighted by Crippen LogP contribution is 2.21. The molecule has 1 aromatic carbocycles. The maximum atomic E-state index is 13.1. The van der Waals surface area contributed by atoms with E-state index in [1.165, 1.54) is 12.1 Å². The summed E-state index contributed by atoms with van der Waals surface area (Å²) in [6.45, 7) is 4.51. The lowest BCUT2D eigenvalue weighted by molar-refractivity contribution is 0.154. The molecule has 18 heavy (non-hydrogen) atoms. The van der Waals surface area contributed by atoms with Crippen LogP contribution >= 0.6 is 0 Å². The molecule has 100 valence electrons. The van der Waals surface area contributed by atoms with Crippen LogP contribution in [0, 0.1) is 17.6 Å². The third-order valence-electron chi connectivity index (χ3n) is 3.61. The Labute approximate surface area is 107 Å². The molecule has 1 fully saturated rings. The van der Waals surface area contributed by atoms with Gasteiger partial charge in [-0.2, -0.15) is 0 Å². The minimum Gasteiger partial charge on any atom is -0.328 e. The third kappa shape index (κ3) is 3.50. The maximum Gasteiger partial charge on any atom is 0.126 e. The zero-order valence-corrected chi connectivity index (χ0v) is 10.7. The molecule has 0 saturated carbocycles. The van der Waals surface area contributed by atoms with Crippen molar-refractivity contribution in [2.45, 2.75) is 32.4 Å². The Morgan fingerprint density at radius 3 is 2.61 bits per heavy atom. The number of rotatable bonds is 3. The first-order valence-electron chi connectivity index (χ1n) is 6.47. The molecule has 0 spiro atoms. The van der Waals surface area contributed by atoms with Crippen LogP contribution in [0.2, 0.25) is 0 Å². The number of nitrogens with two attached hydrogens (primary N) is 1. The molecular formula is C14H20F2N2. The van der Waals surface area contributed by atoms with E-state index in [2.05, 4.69) is 4.90 Å². The summed E-state index contributed by atoms with van der Waals surface area (Å²) < 4.78 is 26.2. The van der Waals surface area contributed by atoms with Crippen LogP contribution in [-0.2, 0) is 6.54 Å². The van der Waals surface area contributed by atoms with Gasteiger partial charge in [-0.1, -0.05) is 0 Å². The van der Waals surface area contributed by atoms with Crippen molar-refractivity contribution in [3.63, 3.8) is 0 Å². The molecule has 1 saturated heterocycles. The van der Waals surface area contributed by atoms with Gasteiger partial charge in [-0.25, -0.2) is 8.78 Å². The van der Waals surface area contributed by atoms with E-state index in [1.54, 1.807) is 0 Å². The molecule has 1 heterocycles. The molecule has 2 rings (SSSR count). The average molecular weight is 254 g/mol. The summed E-state index contributed by atoms with van der Waals surface area (Å²) in [6, 6.07) is 3.89. The molecule has 1 aliphatic rings. The summed E-state index contributed by atoms with van der Waals surface area (Å²) in [6.07, 6.45) is 2.25. The zero-order valence-electron chi connectivity index (χ0n) is 10.7. The predicted molar refractivity (Wildman–Crippen MR) is 68.0 cm³/mol. The standard InChI is InChI=1S/C14H20F2N2/c1-10(17)12-3-2-4-18(9-12)8-11-5-13(15)7-14(16)6-11/h5-7,10,12H,2-4,8-9,17H2,1H3. The van der Waals surface area contributed by atoms with E-state index in [-0.39, 0.29) is 6.04 Å². The normalized spacial score (nSPS) is 23.0. The van der Waals surface area contributed by atoms with Crippen molar-refractivity contribution in [3.05, 3.63) is 35.4 Å². The Morgan fingerprint density at radius 1 is 1.33 bits per heavy atom. The SMILES string of the molecule is CC(N)C1CCCN(Cc2cc(F)cc(F)c2)C1. The number of hydrogen-bond acceptors (Lipinski definition) is 2. The van der Waals surface area contributed by atoms with Crippen molar-refractivity contribution in [2.24, 2.45) is 11.7 Å². The highest BCUT2D eigenvalue weighted by Gasteiger charge is 2.22. The molecule has 0 amide bonds. The maximum absolute atomic E-state index is 13.1. The fourth-order valence-electron chi connectivity index (χ4n) is 2.62. The Kier molecular flexibility index (Phi) is 4.30. The van der Waals surface area contributed by atoms with Crippen molar-refractivity contribution in [1.29, 1.82) is 0 Å². The Morgan fingerprint density at radius 2 is 2.00 bits per heavy atom. The first-order chi connectivity index (χ1) is 8.54. The second-order valence-corrected chi connectivity index (χ2v) is 5.27. The summed E-state index contributed by atoms with van der Waals surface area (Å²) in [5, 5.41) is 0. The summed E-state index contributed by atoms with van der Waals surface area (Å²) in [7, 11) is 0. The topological polar surface area (TPSA) is 29.3 Å². The fourth-order valence-corrected chi connectivity index (χ4v) is 2.62. The molecule has 0 bridgehead atoms. The van der Waals surface area contributed by atoms with E-state index in [1.807, 2.05) is 6.92 Å². The molecule has 1 aromatic rings. The molecule has 0 radical (unpaired) electrons. The molecular weight excluding hydrogens is 234 g/mol. The van der Waals surface area contributed by atoms with Gasteiger partial charge in [0.05, 0.1) is 0 Å². The molecule has 0 aromatic heterocycles. The van der Waals surface area contributed by atoms with Gasteiger partial charge >= 0.3 is 0 Å². The van der Waals surface area contributed by atoms with Gasteiger partial charge in [0.2, 0.25) is 0 Å². The molecule has 0 aliphatic carbocycles. The van der Waals surface area contributed by atoms with Crippen molar-refractivity contribution in [1.82, 2.24) is 4.90 Å². The number of likely N-dealkylation sites (tertiary alicyclic amines) is 1. The van der Waals surface area contributed by atoms with E-state index in [9.17, 15) is 8.78 Å². The number of benzene rings is 1. The second-order valence-electron chi connectivity index (χ2n) is 5.27. The van der Waals surface area contributed by atoms with E-state index >= 15 is 0 Å². The number of piperidine rings is 1. The van der Waals surface area contributed by atoms with Gasteiger partial charge in [0.25, 0.3) is 0 Å². The highest BCUT2D eigenvalue weighted by molar-refractivity contribution is 5.17. The Balaban J connectivity index is 2.00. The van der Waals surface area contributed by atoms with Gasteiger partial charge < -0.3 is 5.73 Å². The van der Waals surface area contributed by atoms with E-state index in [4.69, 9.17) is 5.73 Å². The van der Waals surface area contributed by atoms with E-state index < -0.39 is 11.6 Å². The first kappa shape index (κ1) is 13.4. The van der Waals surface area contributed by atoms with Gasteiger partial charge in [-0.15, -0.1) is 0 Å². The van der Waals surface area contributed by atoms with Crippen molar-refractivity contribution >= 4 is 0 Å². The highest BCUT2D eigenvalue weighted by atomic mass is 19.1. The summed E-state index contributed by atoms with van der Waals surface area (Å²) in [5.74, 6) is -0.534. The van der Waals surface area contributed by atoms with Gasteiger partial charge in [0.1, 0.15) is 11.6 Å². The van der Waals surface area contributed by atoms with Crippen LogP contribution in [0.4, 0.5) is 8.78 Å². The Bertz CT molecular complexity index is 387. The number of nitrogens with zero attached hydrogens (tertiary/aromatic N) is 1. The molecule has 4 heteroatoms. The third-order valence-corrected chi connectivity index (χ3v) is 3.61. The lowest BCUT2D eigenvalue weighted by atomic mass is 9.92. The number of hydrogen-bond donors (Lipinski definition) is 1. The van der Waals surface area contributed by atoms with Crippen molar-refractivity contribution < 1.29 is 8.78 Å². The Hall–Kier alpha value is -1.00. The molecule has 2 N–H and O–H groups in total. The van der Waals surface area contributed by atoms with Gasteiger partial charge in [0, 0.05) is 25.2 Å². The van der Waals surface area contributed by atoms with Crippen LogP contribution in [0.1, 0.15) is 25.3 Å². The zero-order chi connectivity index (χ0) is 13.1. The quantitative estimate of drug-likeness (QED) is 0.898. The van der Waals surface area contributed by atoms with Crippen LogP contribution in [0.3, 0.4) is 0 Å². The molecule has 2 unspecified atom stereocenters. The summed E-state index contributed by atoms with van der Waals surface area (Å²) >= 11 is 0. The van der Waals surface area contributed by atoms with Crippen LogP contribution in [0.15, 0.2) is 18.2 Å². The van der Waals surface area contributed by atoms with E-state index in [0.717, 1.165) is 32.0 Å². The van der Waals surface area contributed by atoms with Crippen molar-refractivity contribution in [2.75, 3.05) is 13.1 Å². The second kappa shape index (κ2) is 5.76. The van der Waals surface area contributed by atoms with Crippen LogP contribution < -0.4 is 5.73 Å². The largest absolute Gasteiger partial charge is 0.328 e. The first-order valence-corrected chi connectivity index (χ1v) is 6.47. The molecule has 2 nitrogen and oxygen atoms in total. The predicted octanol–water partition coefficient (Wildman–Crippen LogP) is 2.52. The van der Waals surface area contributed by atoms with Gasteiger partial charge in [-0.3, -0.25) is 4.90 Å². The monoisotopic (exact) mass is 254 g/mol. The lowest BCUT2D eigenvalue weighted by Gasteiger charge is -2.34. The van der Waals surface area contributed by atoms with E-state index in [0.29, 0.717) is 18.0 Å². The molecule has 1 aliphatic heterocycles. The van der Waals surface area contributed by atoms with Crippen LogP contribution in [0.5, 0.6) is 0 Å². The minimum atomic E-state index is -0.509. The van der Waals surface area contributed by atoms with Gasteiger partial charge in [-0.05, 0) is 49.9 Å². The van der Waals surface area contributed by atoms with Crippen LogP contribution in [-0.4, -0.2) is 24.0 Å². The summed E-state index contributed by atoms with van der Waals surface area (Å²) in [5.41, 5.74) is 6.62. The van der Waals surface area contributed by atoms with Gasteiger partial charge in [0.15, 0.2) is 0 Å². The smallest absolute Gasteiger partial charge is 0.126 e. The number of halogens is 2. The molecule has 2 atom stereocenters.